The van der Waals surface area contributed by atoms with E-state index in [-0.39, 0.29) is 27.9 Å². The number of anilines is 2. The van der Waals surface area contributed by atoms with Gasteiger partial charge in [-0.2, -0.15) is 11.3 Å². The Morgan fingerprint density at radius 3 is 2.30 bits per heavy atom. The Balaban J connectivity index is 1.36. The Hall–Kier alpha value is -4.38. The van der Waals surface area contributed by atoms with Gasteiger partial charge in [-0.3, -0.25) is 14.4 Å². The minimum atomic E-state index is -1.18. The number of hydrogen-bond donors (Lipinski definition) is 4. The van der Waals surface area contributed by atoms with Gasteiger partial charge in [0.05, 0.1) is 16.3 Å². The Bertz CT molecular complexity index is 1560. The molecule has 0 saturated carbocycles. The van der Waals surface area contributed by atoms with Crippen molar-refractivity contribution in [2.75, 3.05) is 16.4 Å². The fourth-order valence-electron chi connectivity index (χ4n) is 3.41. The summed E-state index contributed by atoms with van der Waals surface area (Å²) in [7, 11) is 0. The maximum absolute atomic E-state index is 13.1. The Labute approximate surface area is 243 Å². The van der Waals surface area contributed by atoms with Crippen LogP contribution in [0.4, 0.5) is 11.4 Å². The summed E-state index contributed by atoms with van der Waals surface area (Å²) in [5.74, 6) is -2.32. The minimum absolute atomic E-state index is 0.0791. The van der Waals surface area contributed by atoms with E-state index in [2.05, 4.69) is 16.0 Å². The van der Waals surface area contributed by atoms with E-state index in [9.17, 15) is 24.3 Å². The van der Waals surface area contributed by atoms with Gasteiger partial charge in [0, 0.05) is 21.8 Å². The number of carboxylic acid groups (broad SMARTS) is 1. The van der Waals surface area contributed by atoms with Gasteiger partial charge < -0.3 is 21.1 Å². The van der Waals surface area contributed by atoms with Crippen LogP contribution in [-0.2, 0) is 9.59 Å². The predicted octanol–water partition coefficient (Wildman–Crippen LogP) is 6.24. The fourth-order valence-corrected chi connectivity index (χ4v) is 4.93. The zero-order valence-corrected chi connectivity index (χ0v) is 23.1. The van der Waals surface area contributed by atoms with Crippen LogP contribution >= 0.6 is 34.7 Å². The molecule has 202 valence electrons. The van der Waals surface area contributed by atoms with Crippen molar-refractivity contribution < 1.29 is 24.3 Å². The third-order valence-corrected chi connectivity index (χ3v) is 7.39. The zero-order chi connectivity index (χ0) is 28.5. The molecule has 0 bridgehead atoms. The first kappa shape index (κ1) is 28.6. The minimum Gasteiger partial charge on any atom is -0.478 e. The highest BCUT2D eigenvalue weighted by Crippen LogP contribution is 2.23. The Kier molecular flexibility index (Phi) is 9.74. The van der Waals surface area contributed by atoms with Crippen LogP contribution in [0.2, 0.25) is 5.02 Å². The molecule has 0 fully saturated rings. The summed E-state index contributed by atoms with van der Waals surface area (Å²) in [5, 5.41) is 21.1. The van der Waals surface area contributed by atoms with Crippen molar-refractivity contribution in [1.29, 1.82) is 0 Å². The fraction of sp³-hybridized carbons (Fsp3) is 0.0345. The van der Waals surface area contributed by atoms with Crippen LogP contribution in [0, 0.1) is 0 Å². The number of halogens is 1. The highest BCUT2D eigenvalue weighted by atomic mass is 35.5. The van der Waals surface area contributed by atoms with E-state index in [4.69, 9.17) is 11.6 Å². The van der Waals surface area contributed by atoms with Crippen LogP contribution in [0.1, 0.15) is 26.3 Å². The topological polar surface area (TPSA) is 125 Å². The van der Waals surface area contributed by atoms with Crippen molar-refractivity contribution in [2.45, 2.75) is 4.90 Å². The van der Waals surface area contributed by atoms with Crippen LogP contribution in [0.5, 0.6) is 0 Å². The maximum Gasteiger partial charge on any atom is 0.337 e. The molecule has 4 aromatic rings. The monoisotopic (exact) mass is 591 g/mol. The molecule has 0 aliphatic heterocycles. The van der Waals surface area contributed by atoms with Crippen LogP contribution in [0.3, 0.4) is 0 Å². The zero-order valence-electron chi connectivity index (χ0n) is 20.7. The third kappa shape index (κ3) is 8.06. The van der Waals surface area contributed by atoms with Crippen molar-refractivity contribution in [3.8, 4) is 0 Å². The van der Waals surface area contributed by atoms with E-state index in [0.717, 1.165) is 10.5 Å². The molecule has 4 N–H and O–H groups in total. The van der Waals surface area contributed by atoms with Crippen LogP contribution in [0.15, 0.2) is 100 Å². The van der Waals surface area contributed by atoms with Gasteiger partial charge in [-0.1, -0.05) is 29.8 Å². The van der Waals surface area contributed by atoms with E-state index >= 15 is 0 Å². The lowest BCUT2D eigenvalue weighted by Gasteiger charge is -2.12. The number of hydrogen-bond acceptors (Lipinski definition) is 6. The number of carbonyl (C=O) groups excluding carboxylic acids is 3. The van der Waals surface area contributed by atoms with Crippen molar-refractivity contribution in [1.82, 2.24) is 5.32 Å². The largest absolute Gasteiger partial charge is 0.478 e. The van der Waals surface area contributed by atoms with E-state index in [1.165, 1.54) is 41.3 Å². The lowest BCUT2D eigenvalue weighted by molar-refractivity contribution is -0.114. The Morgan fingerprint density at radius 1 is 0.900 bits per heavy atom. The van der Waals surface area contributed by atoms with Crippen LogP contribution in [0.25, 0.3) is 6.08 Å². The second-order valence-corrected chi connectivity index (χ2v) is 10.5. The maximum atomic E-state index is 13.1. The molecule has 0 atom stereocenters. The molecule has 0 aliphatic rings. The summed E-state index contributed by atoms with van der Waals surface area (Å²) < 4.78 is 0. The highest BCUT2D eigenvalue weighted by molar-refractivity contribution is 8.00. The van der Waals surface area contributed by atoms with Gasteiger partial charge in [0.15, 0.2) is 0 Å². The molecule has 1 aromatic heterocycles. The standard InChI is InChI=1S/C29H22ClN3O5S2/c30-24-11-8-21(15-23(24)29(37)38)31-26(34)17-40-22-9-6-20(7-10-22)32-28(36)25(14-18-12-13-39-16-18)33-27(35)19-4-2-1-3-5-19/h1-16H,17H2,(H,31,34)(H,32,36)(H,33,35)(H,37,38)/b25-14-. The van der Waals surface area contributed by atoms with E-state index < -0.39 is 17.8 Å². The average Bonchev–Trinajstić information content (AvgIpc) is 3.47. The van der Waals surface area contributed by atoms with E-state index in [0.29, 0.717) is 16.9 Å². The van der Waals surface area contributed by atoms with Crippen molar-refractivity contribution in [3.05, 3.63) is 117 Å². The van der Waals surface area contributed by atoms with Gasteiger partial charge in [0.2, 0.25) is 5.91 Å². The smallest absolute Gasteiger partial charge is 0.337 e. The Morgan fingerprint density at radius 2 is 1.62 bits per heavy atom. The normalized spacial score (nSPS) is 11.0. The van der Waals surface area contributed by atoms with Gasteiger partial charge in [-0.05, 0) is 83.1 Å². The molecule has 0 saturated heterocycles. The van der Waals surface area contributed by atoms with Crippen molar-refractivity contribution in [3.63, 3.8) is 0 Å². The third-order valence-electron chi connectivity index (χ3n) is 5.35. The summed E-state index contributed by atoms with van der Waals surface area (Å²) in [4.78, 5) is 50.1. The highest BCUT2D eigenvalue weighted by Gasteiger charge is 2.16. The molecule has 40 heavy (non-hydrogen) atoms. The summed E-state index contributed by atoms with van der Waals surface area (Å²) >= 11 is 8.61. The first-order valence-electron chi connectivity index (χ1n) is 11.8. The number of aromatic carboxylic acids is 1. The number of benzene rings is 3. The van der Waals surface area contributed by atoms with Gasteiger partial charge >= 0.3 is 5.97 Å². The second-order valence-electron chi connectivity index (χ2n) is 8.25. The SMILES string of the molecule is O=C(CSc1ccc(NC(=O)/C(=C/c2ccsc2)NC(=O)c2ccccc2)cc1)Nc1ccc(Cl)c(C(=O)O)c1. The van der Waals surface area contributed by atoms with E-state index in [1.807, 2.05) is 16.8 Å². The van der Waals surface area contributed by atoms with Gasteiger partial charge in [-0.25, -0.2) is 4.79 Å². The number of thiophene rings is 1. The number of carbonyl (C=O) groups is 4. The molecule has 1 heterocycles. The molecule has 8 nitrogen and oxygen atoms in total. The molecular weight excluding hydrogens is 570 g/mol. The lowest BCUT2D eigenvalue weighted by Crippen LogP contribution is -2.30. The van der Waals surface area contributed by atoms with Crippen LogP contribution < -0.4 is 16.0 Å². The van der Waals surface area contributed by atoms with Gasteiger partial charge in [-0.15, -0.1) is 11.8 Å². The first-order chi connectivity index (χ1) is 19.3. The van der Waals surface area contributed by atoms with E-state index in [1.54, 1.807) is 60.7 Å². The number of rotatable bonds is 10. The molecule has 0 spiro atoms. The summed E-state index contributed by atoms with van der Waals surface area (Å²) in [6, 6.07) is 21.6. The average molecular weight is 592 g/mol. The molecule has 0 aliphatic carbocycles. The molecular formula is C29H22ClN3O5S2. The number of thioether (sulfide) groups is 1. The predicted molar refractivity (Wildman–Crippen MR) is 159 cm³/mol. The molecule has 11 heteroatoms. The molecule has 4 rings (SSSR count). The van der Waals surface area contributed by atoms with Crippen molar-refractivity contribution >= 4 is 75.8 Å². The first-order valence-corrected chi connectivity index (χ1v) is 14.1. The summed E-state index contributed by atoms with van der Waals surface area (Å²) in [6.07, 6.45) is 1.61. The summed E-state index contributed by atoms with van der Waals surface area (Å²) in [5.41, 5.74) is 2.04. The number of amides is 3. The van der Waals surface area contributed by atoms with Crippen molar-refractivity contribution in [2.24, 2.45) is 0 Å². The van der Waals surface area contributed by atoms with Crippen LogP contribution in [-0.4, -0.2) is 34.6 Å². The number of nitrogens with one attached hydrogen (secondary N) is 3. The molecule has 3 amide bonds. The molecule has 3 aromatic carbocycles. The molecule has 0 radical (unpaired) electrons. The quantitative estimate of drug-likeness (QED) is 0.128. The number of carboxylic acids is 1. The second kappa shape index (κ2) is 13.6. The summed E-state index contributed by atoms with van der Waals surface area (Å²) in [6.45, 7) is 0. The molecule has 0 unspecified atom stereocenters. The lowest BCUT2D eigenvalue weighted by atomic mass is 10.2. The van der Waals surface area contributed by atoms with Gasteiger partial charge in [0.25, 0.3) is 11.8 Å². The van der Waals surface area contributed by atoms with Gasteiger partial charge in [0.1, 0.15) is 5.70 Å².